The molecule has 2 N–H and O–H groups in total. The molecule has 0 spiro atoms. The molecule has 0 unspecified atom stereocenters. The minimum atomic E-state index is -0.476. The second-order valence-electron chi connectivity index (χ2n) is 4.01. The van der Waals surface area contributed by atoms with Gasteiger partial charge in [-0.15, -0.1) is 0 Å². The van der Waals surface area contributed by atoms with Crippen molar-refractivity contribution >= 4 is 17.3 Å². The van der Waals surface area contributed by atoms with E-state index in [0.29, 0.717) is 6.54 Å². The van der Waals surface area contributed by atoms with Crippen molar-refractivity contribution in [1.29, 1.82) is 0 Å². The Hall–Kier alpha value is -2.70. The summed E-state index contributed by atoms with van der Waals surface area (Å²) in [4.78, 5) is 20.3. The minimum Gasteiger partial charge on any atom is -0.384 e. The van der Waals surface area contributed by atoms with Crippen molar-refractivity contribution < 1.29 is 4.92 Å². The molecule has 7 nitrogen and oxygen atoms in total. The van der Waals surface area contributed by atoms with Crippen LogP contribution in [0.3, 0.4) is 0 Å². The molecule has 0 aliphatic rings. The van der Waals surface area contributed by atoms with E-state index in [-0.39, 0.29) is 17.3 Å². The molecule has 0 radical (unpaired) electrons. The van der Waals surface area contributed by atoms with Crippen LogP contribution in [0.1, 0.15) is 5.69 Å². The Kier molecular flexibility index (Phi) is 3.56. The van der Waals surface area contributed by atoms with Crippen molar-refractivity contribution in [1.82, 2.24) is 9.97 Å². The molecule has 0 aliphatic heterocycles. The van der Waals surface area contributed by atoms with Crippen molar-refractivity contribution in [2.24, 2.45) is 0 Å². The van der Waals surface area contributed by atoms with Gasteiger partial charge < -0.3 is 10.6 Å². The molecule has 2 aromatic rings. The molecule has 19 heavy (non-hydrogen) atoms. The Labute approximate surface area is 109 Å². The Morgan fingerprint density at radius 3 is 2.79 bits per heavy atom. The van der Waals surface area contributed by atoms with Gasteiger partial charge >= 0.3 is 5.69 Å². The number of pyridine rings is 2. The third-order valence-electron chi connectivity index (χ3n) is 2.56. The fraction of sp³-hybridized carbons (Fsp3) is 0.167. The Morgan fingerprint density at radius 1 is 1.37 bits per heavy atom. The lowest BCUT2D eigenvalue weighted by Gasteiger charge is -2.17. The number of rotatable bonds is 4. The molecule has 0 saturated carbocycles. The Balaban J connectivity index is 2.30. The van der Waals surface area contributed by atoms with Gasteiger partial charge in [0, 0.05) is 19.3 Å². The van der Waals surface area contributed by atoms with Gasteiger partial charge in [-0.05, 0) is 18.2 Å². The van der Waals surface area contributed by atoms with E-state index in [1.54, 1.807) is 18.1 Å². The molecule has 2 aromatic heterocycles. The van der Waals surface area contributed by atoms with E-state index in [1.807, 2.05) is 18.2 Å². The topological polar surface area (TPSA) is 98.2 Å². The summed E-state index contributed by atoms with van der Waals surface area (Å²) in [6, 6.07) is 8.28. The standard InChI is InChI=1S/C12H13N5O2/c1-16(8-9-4-2-3-7-14-9)12-10(17(18)19)5-6-11(13)15-12/h2-7H,8H2,1H3,(H2,13,15). The van der Waals surface area contributed by atoms with Gasteiger partial charge in [0.05, 0.1) is 17.2 Å². The summed E-state index contributed by atoms with van der Waals surface area (Å²) in [5.41, 5.74) is 6.30. The molecular formula is C12H13N5O2. The quantitative estimate of drug-likeness (QED) is 0.661. The summed E-state index contributed by atoms with van der Waals surface area (Å²) in [5.74, 6) is 0.476. The third kappa shape index (κ3) is 2.95. The zero-order valence-electron chi connectivity index (χ0n) is 10.4. The SMILES string of the molecule is CN(Cc1ccccn1)c1nc(N)ccc1[N+](=O)[O-]. The molecular weight excluding hydrogens is 246 g/mol. The number of aromatic nitrogens is 2. The highest BCUT2D eigenvalue weighted by Crippen LogP contribution is 2.26. The van der Waals surface area contributed by atoms with Crippen LogP contribution in [0.2, 0.25) is 0 Å². The van der Waals surface area contributed by atoms with Crippen molar-refractivity contribution in [3.8, 4) is 0 Å². The van der Waals surface area contributed by atoms with Crippen LogP contribution in [0.4, 0.5) is 17.3 Å². The molecule has 0 atom stereocenters. The van der Waals surface area contributed by atoms with Crippen LogP contribution in [-0.4, -0.2) is 21.9 Å². The molecule has 7 heteroatoms. The van der Waals surface area contributed by atoms with Crippen molar-refractivity contribution in [2.75, 3.05) is 17.7 Å². The first kappa shape index (κ1) is 12.7. The highest BCUT2D eigenvalue weighted by molar-refractivity contribution is 5.60. The Morgan fingerprint density at radius 2 is 2.16 bits per heavy atom. The fourth-order valence-corrected chi connectivity index (χ4v) is 1.69. The van der Waals surface area contributed by atoms with E-state index in [4.69, 9.17) is 5.73 Å². The summed E-state index contributed by atoms with van der Waals surface area (Å²) in [6.07, 6.45) is 1.67. The fourth-order valence-electron chi connectivity index (χ4n) is 1.69. The van der Waals surface area contributed by atoms with E-state index in [0.717, 1.165) is 5.69 Å². The average Bonchev–Trinajstić information content (AvgIpc) is 2.39. The molecule has 98 valence electrons. The van der Waals surface area contributed by atoms with Gasteiger partial charge in [-0.25, -0.2) is 4.98 Å². The van der Waals surface area contributed by atoms with Gasteiger partial charge in [0.25, 0.3) is 0 Å². The van der Waals surface area contributed by atoms with Gasteiger partial charge in [-0.1, -0.05) is 6.07 Å². The predicted octanol–water partition coefficient (Wildman–Crippen LogP) is 1.60. The average molecular weight is 259 g/mol. The lowest BCUT2D eigenvalue weighted by molar-refractivity contribution is -0.384. The van der Waals surface area contributed by atoms with Gasteiger partial charge in [0.2, 0.25) is 5.82 Å². The van der Waals surface area contributed by atoms with Gasteiger partial charge in [-0.2, -0.15) is 0 Å². The van der Waals surface area contributed by atoms with Crippen LogP contribution in [0.5, 0.6) is 0 Å². The zero-order chi connectivity index (χ0) is 13.8. The van der Waals surface area contributed by atoms with Crippen LogP contribution >= 0.6 is 0 Å². The zero-order valence-corrected chi connectivity index (χ0v) is 10.4. The second kappa shape index (κ2) is 5.30. The van der Waals surface area contributed by atoms with E-state index in [1.165, 1.54) is 12.1 Å². The summed E-state index contributed by atoms with van der Waals surface area (Å²) in [5, 5.41) is 11.0. The van der Waals surface area contributed by atoms with E-state index in [9.17, 15) is 10.1 Å². The number of nitro groups is 1. The van der Waals surface area contributed by atoms with E-state index in [2.05, 4.69) is 9.97 Å². The summed E-state index contributed by atoms with van der Waals surface area (Å²) < 4.78 is 0. The number of nitrogens with two attached hydrogens (primary N) is 1. The van der Waals surface area contributed by atoms with Crippen molar-refractivity contribution in [3.05, 3.63) is 52.3 Å². The van der Waals surface area contributed by atoms with Crippen molar-refractivity contribution in [3.63, 3.8) is 0 Å². The summed E-state index contributed by atoms with van der Waals surface area (Å²) >= 11 is 0. The number of nitrogens with zero attached hydrogens (tertiary/aromatic N) is 4. The number of nitrogen functional groups attached to an aromatic ring is 1. The maximum atomic E-state index is 11.0. The lowest BCUT2D eigenvalue weighted by Crippen LogP contribution is -2.20. The smallest absolute Gasteiger partial charge is 0.311 e. The van der Waals surface area contributed by atoms with Gasteiger partial charge in [0.15, 0.2) is 0 Å². The molecule has 2 rings (SSSR count). The van der Waals surface area contributed by atoms with Gasteiger partial charge in [-0.3, -0.25) is 15.1 Å². The van der Waals surface area contributed by atoms with Crippen LogP contribution in [-0.2, 0) is 6.54 Å². The Bertz CT molecular complexity index is 588. The van der Waals surface area contributed by atoms with Crippen LogP contribution in [0.25, 0.3) is 0 Å². The first-order chi connectivity index (χ1) is 9.08. The molecule has 0 aliphatic carbocycles. The molecule has 0 fully saturated rings. The first-order valence-electron chi connectivity index (χ1n) is 5.60. The summed E-state index contributed by atoms with van der Waals surface area (Å²) in [6.45, 7) is 0.415. The monoisotopic (exact) mass is 259 g/mol. The molecule has 0 bridgehead atoms. The first-order valence-corrected chi connectivity index (χ1v) is 5.60. The van der Waals surface area contributed by atoms with E-state index >= 15 is 0 Å². The minimum absolute atomic E-state index is 0.0763. The maximum absolute atomic E-state index is 11.0. The molecule has 2 heterocycles. The highest BCUT2D eigenvalue weighted by Gasteiger charge is 2.19. The number of hydrogen-bond donors (Lipinski definition) is 1. The second-order valence-corrected chi connectivity index (χ2v) is 4.01. The van der Waals surface area contributed by atoms with Crippen molar-refractivity contribution in [2.45, 2.75) is 6.54 Å². The van der Waals surface area contributed by atoms with Crippen LogP contribution < -0.4 is 10.6 Å². The summed E-state index contributed by atoms with van der Waals surface area (Å²) in [7, 11) is 1.71. The maximum Gasteiger partial charge on any atom is 0.311 e. The molecule has 0 amide bonds. The van der Waals surface area contributed by atoms with Crippen LogP contribution in [0.15, 0.2) is 36.5 Å². The number of hydrogen-bond acceptors (Lipinski definition) is 6. The normalized spacial score (nSPS) is 10.2. The highest BCUT2D eigenvalue weighted by atomic mass is 16.6. The predicted molar refractivity (Wildman–Crippen MR) is 71.6 cm³/mol. The van der Waals surface area contributed by atoms with Crippen LogP contribution in [0, 0.1) is 10.1 Å². The molecule has 0 aromatic carbocycles. The third-order valence-corrected chi connectivity index (χ3v) is 2.56. The number of anilines is 2. The van der Waals surface area contributed by atoms with Gasteiger partial charge in [0.1, 0.15) is 5.82 Å². The molecule has 0 saturated heterocycles. The largest absolute Gasteiger partial charge is 0.384 e. The van der Waals surface area contributed by atoms with E-state index < -0.39 is 4.92 Å². The lowest BCUT2D eigenvalue weighted by atomic mass is 10.3.